The van der Waals surface area contributed by atoms with Crippen molar-refractivity contribution < 1.29 is 23.9 Å². The second-order valence-electron chi connectivity index (χ2n) is 9.20. The van der Waals surface area contributed by atoms with Crippen molar-refractivity contribution in [1.29, 1.82) is 0 Å². The van der Waals surface area contributed by atoms with Crippen LogP contribution in [0.4, 0.5) is 10.5 Å². The Bertz CT molecular complexity index is 1100. The maximum Gasteiger partial charge on any atom is 0.325 e. The zero-order chi connectivity index (χ0) is 23.7. The van der Waals surface area contributed by atoms with Crippen LogP contribution in [-0.2, 0) is 15.1 Å². The number of para-hydroxylation sites is 1. The average molecular weight is 464 g/mol. The number of urea groups is 1. The van der Waals surface area contributed by atoms with E-state index in [-0.39, 0.29) is 18.5 Å². The Morgan fingerprint density at radius 3 is 2.47 bits per heavy atom. The summed E-state index contributed by atoms with van der Waals surface area (Å²) in [6, 6.07) is 14.2. The zero-order valence-corrected chi connectivity index (χ0v) is 19.3. The number of anilines is 1. The number of rotatable bonds is 5. The first-order valence-electron chi connectivity index (χ1n) is 11.9. The lowest BCUT2D eigenvalue weighted by molar-refractivity contribution is -0.134. The average Bonchev–Trinajstić information content (AvgIpc) is 3.09. The van der Waals surface area contributed by atoms with Gasteiger partial charge in [0.25, 0.3) is 5.91 Å². The number of nitrogens with zero attached hydrogens (tertiary/aromatic N) is 2. The Balaban J connectivity index is 1.39. The number of benzene rings is 2. The van der Waals surface area contributed by atoms with Crippen LogP contribution in [0.5, 0.6) is 11.5 Å². The maximum absolute atomic E-state index is 13.5. The summed E-state index contributed by atoms with van der Waals surface area (Å²) < 4.78 is 11.2. The number of nitrogens with one attached hydrogen (secondary N) is 1. The standard InChI is InChI=1S/C26H29N3O5/c1-26(18-12-13-21-22(16-18)34-15-14-33-21)24(31)28(25(32)27-26)17-23(30)29(19-8-4-2-5-9-19)20-10-6-3-7-11-20/h2,4-5,8-9,12-13,16,20H,3,6-7,10-11,14-15,17H2,1H3,(H,27,32)/t26-/m1/s1. The highest BCUT2D eigenvalue weighted by molar-refractivity contribution is 6.10. The number of imide groups is 1. The topological polar surface area (TPSA) is 88.2 Å². The van der Waals surface area contributed by atoms with E-state index in [2.05, 4.69) is 5.32 Å². The predicted molar refractivity (Wildman–Crippen MR) is 126 cm³/mol. The number of ether oxygens (including phenoxy) is 2. The van der Waals surface area contributed by atoms with Crippen LogP contribution in [0.15, 0.2) is 48.5 Å². The van der Waals surface area contributed by atoms with Gasteiger partial charge in [-0.15, -0.1) is 0 Å². The molecule has 3 aliphatic rings. The lowest BCUT2D eigenvalue weighted by Crippen LogP contribution is -2.48. The molecule has 178 valence electrons. The molecular formula is C26H29N3O5. The summed E-state index contributed by atoms with van der Waals surface area (Å²) in [7, 11) is 0. The summed E-state index contributed by atoms with van der Waals surface area (Å²) in [6.45, 7) is 2.23. The highest BCUT2D eigenvalue weighted by Gasteiger charge is 2.50. The van der Waals surface area contributed by atoms with E-state index in [1.807, 2.05) is 30.3 Å². The van der Waals surface area contributed by atoms with Crippen molar-refractivity contribution in [2.75, 3.05) is 24.7 Å². The van der Waals surface area contributed by atoms with Crippen LogP contribution in [0.3, 0.4) is 0 Å². The minimum absolute atomic E-state index is 0.0635. The fourth-order valence-electron chi connectivity index (χ4n) is 5.09. The molecule has 1 aliphatic carbocycles. The Morgan fingerprint density at radius 2 is 1.74 bits per heavy atom. The third-order valence-corrected chi connectivity index (χ3v) is 6.93. The molecule has 8 heteroatoms. The van der Waals surface area contributed by atoms with Gasteiger partial charge in [0.15, 0.2) is 11.5 Å². The Labute approximate surface area is 198 Å². The molecule has 34 heavy (non-hydrogen) atoms. The van der Waals surface area contributed by atoms with Crippen LogP contribution >= 0.6 is 0 Å². The maximum atomic E-state index is 13.5. The minimum Gasteiger partial charge on any atom is -0.486 e. The fourth-order valence-corrected chi connectivity index (χ4v) is 5.09. The monoisotopic (exact) mass is 463 g/mol. The molecule has 0 aromatic heterocycles. The Hall–Kier alpha value is -3.55. The lowest BCUT2D eigenvalue weighted by atomic mass is 9.91. The molecular weight excluding hydrogens is 434 g/mol. The van der Waals surface area contributed by atoms with E-state index >= 15 is 0 Å². The van der Waals surface area contributed by atoms with Crippen molar-refractivity contribution in [3.63, 3.8) is 0 Å². The van der Waals surface area contributed by atoms with E-state index in [1.165, 1.54) is 0 Å². The van der Waals surface area contributed by atoms with Crippen molar-refractivity contribution in [2.24, 2.45) is 0 Å². The van der Waals surface area contributed by atoms with Crippen molar-refractivity contribution >= 4 is 23.5 Å². The number of amides is 4. The third-order valence-electron chi connectivity index (χ3n) is 6.93. The predicted octanol–water partition coefficient (Wildman–Crippen LogP) is 3.59. The number of fused-ring (bicyclic) bond motifs is 1. The molecule has 0 unspecified atom stereocenters. The molecule has 1 N–H and O–H groups in total. The van der Waals surface area contributed by atoms with Gasteiger partial charge in [-0.25, -0.2) is 4.79 Å². The van der Waals surface area contributed by atoms with Gasteiger partial charge in [0.2, 0.25) is 5.91 Å². The largest absolute Gasteiger partial charge is 0.486 e. The van der Waals surface area contributed by atoms with Gasteiger partial charge in [0, 0.05) is 11.7 Å². The van der Waals surface area contributed by atoms with E-state index in [0.717, 1.165) is 42.7 Å². The van der Waals surface area contributed by atoms with Crippen LogP contribution in [-0.4, -0.2) is 48.5 Å². The van der Waals surface area contributed by atoms with Crippen molar-refractivity contribution in [1.82, 2.24) is 10.2 Å². The molecule has 8 nitrogen and oxygen atoms in total. The molecule has 1 atom stereocenters. The molecule has 2 aromatic carbocycles. The quantitative estimate of drug-likeness (QED) is 0.685. The molecule has 2 heterocycles. The van der Waals surface area contributed by atoms with Gasteiger partial charge in [-0.1, -0.05) is 43.5 Å². The SMILES string of the molecule is C[C@]1(c2ccc3c(c2)OCCO3)NC(=O)N(CC(=O)N(c2ccccc2)C2CCCCC2)C1=O. The second-order valence-corrected chi connectivity index (χ2v) is 9.20. The molecule has 0 radical (unpaired) electrons. The summed E-state index contributed by atoms with van der Waals surface area (Å²) in [5.74, 6) is 0.426. The van der Waals surface area contributed by atoms with Gasteiger partial charge < -0.3 is 19.7 Å². The van der Waals surface area contributed by atoms with Crippen LogP contribution in [0.25, 0.3) is 0 Å². The molecule has 1 saturated carbocycles. The molecule has 5 rings (SSSR count). The molecule has 4 amide bonds. The smallest absolute Gasteiger partial charge is 0.325 e. The Morgan fingerprint density at radius 1 is 1.03 bits per heavy atom. The number of hydrogen-bond acceptors (Lipinski definition) is 5. The summed E-state index contributed by atoms with van der Waals surface area (Å²) in [4.78, 5) is 42.7. The highest BCUT2D eigenvalue weighted by Crippen LogP contribution is 2.37. The zero-order valence-electron chi connectivity index (χ0n) is 19.3. The van der Waals surface area contributed by atoms with E-state index in [9.17, 15) is 14.4 Å². The van der Waals surface area contributed by atoms with Crippen LogP contribution < -0.4 is 19.7 Å². The van der Waals surface area contributed by atoms with Crippen LogP contribution in [0.2, 0.25) is 0 Å². The van der Waals surface area contributed by atoms with Crippen LogP contribution in [0.1, 0.15) is 44.6 Å². The van der Waals surface area contributed by atoms with E-state index in [0.29, 0.717) is 30.3 Å². The molecule has 0 bridgehead atoms. The van der Waals surface area contributed by atoms with Gasteiger partial charge in [0.1, 0.15) is 25.3 Å². The van der Waals surface area contributed by atoms with Gasteiger partial charge >= 0.3 is 6.03 Å². The molecule has 2 fully saturated rings. The molecule has 0 spiro atoms. The first-order chi connectivity index (χ1) is 16.5. The van der Waals surface area contributed by atoms with Gasteiger partial charge in [-0.3, -0.25) is 14.5 Å². The fraction of sp³-hybridized carbons (Fsp3) is 0.423. The normalized spacial score (nSPS) is 22.4. The minimum atomic E-state index is -1.30. The van der Waals surface area contributed by atoms with E-state index in [4.69, 9.17) is 9.47 Å². The molecule has 2 aromatic rings. The van der Waals surface area contributed by atoms with Gasteiger partial charge in [-0.2, -0.15) is 0 Å². The number of carbonyl (C=O) groups is 3. The van der Waals surface area contributed by atoms with Gasteiger partial charge in [-0.05, 0) is 49.6 Å². The van der Waals surface area contributed by atoms with Gasteiger partial charge in [0.05, 0.1) is 0 Å². The first-order valence-corrected chi connectivity index (χ1v) is 11.9. The third kappa shape index (κ3) is 3.97. The molecule has 1 saturated heterocycles. The number of carbonyl (C=O) groups excluding carboxylic acids is 3. The van der Waals surface area contributed by atoms with Crippen LogP contribution in [0, 0.1) is 0 Å². The second kappa shape index (κ2) is 9.00. The summed E-state index contributed by atoms with van der Waals surface area (Å²) in [6.07, 6.45) is 5.11. The van der Waals surface area contributed by atoms with Crippen molar-refractivity contribution in [3.8, 4) is 11.5 Å². The highest BCUT2D eigenvalue weighted by atomic mass is 16.6. The summed E-state index contributed by atoms with van der Waals surface area (Å²) >= 11 is 0. The number of hydrogen-bond donors (Lipinski definition) is 1. The van der Waals surface area contributed by atoms with Crippen molar-refractivity contribution in [2.45, 2.75) is 50.6 Å². The van der Waals surface area contributed by atoms with Crippen molar-refractivity contribution in [3.05, 3.63) is 54.1 Å². The van der Waals surface area contributed by atoms with E-state index in [1.54, 1.807) is 30.0 Å². The molecule has 2 aliphatic heterocycles. The first kappa shape index (κ1) is 22.3. The summed E-state index contributed by atoms with van der Waals surface area (Å²) in [5.41, 5.74) is 0.0774. The Kier molecular flexibility index (Phi) is 5.89. The van der Waals surface area contributed by atoms with E-state index < -0.39 is 17.5 Å². The lowest BCUT2D eigenvalue weighted by Gasteiger charge is -2.35. The summed E-state index contributed by atoms with van der Waals surface area (Å²) in [5, 5.41) is 2.79.